The normalized spacial score (nSPS) is 23.0. The fraction of sp³-hybridized carbons (Fsp3) is 0.538. The Labute approximate surface area is 107 Å². The molecule has 1 aromatic carbocycles. The average molecular weight is 256 g/mol. The maximum Gasteiger partial charge on any atom is 0.0453 e. The summed E-state index contributed by atoms with van der Waals surface area (Å²) in [6.07, 6.45) is 2.62. The standard InChI is InChI=1S/C13H18ClNS/c1-10(12-6-2-3-7-13(12)14)15-11-5-4-8-16-9-11/h2-3,6-7,10-11,15H,4-5,8-9H2,1H3/t10-,11?/m0/s1. The van der Waals surface area contributed by atoms with Crippen molar-refractivity contribution in [1.82, 2.24) is 5.32 Å². The van der Waals surface area contributed by atoms with Crippen LogP contribution in [0.2, 0.25) is 5.02 Å². The van der Waals surface area contributed by atoms with E-state index in [0.717, 1.165) is 5.02 Å². The largest absolute Gasteiger partial charge is 0.307 e. The summed E-state index contributed by atoms with van der Waals surface area (Å²) in [7, 11) is 0. The van der Waals surface area contributed by atoms with Gasteiger partial charge in [-0.25, -0.2) is 0 Å². The number of hydrogen-bond donors (Lipinski definition) is 1. The van der Waals surface area contributed by atoms with E-state index in [2.05, 4.69) is 24.4 Å². The Bertz CT molecular complexity index is 336. The molecule has 0 aliphatic carbocycles. The van der Waals surface area contributed by atoms with Gasteiger partial charge in [-0.3, -0.25) is 0 Å². The number of benzene rings is 1. The lowest BCUT2D eigenvalue weighted by Gasteiger charge is -2.26. The lowest BCUT2D eigenvalue weighted by molar-refractivity contribution is 0.453. The molecule has 3 heteroatoms. The summed E-state index contributed by atoms with van der Waals surface area (Å²) in [6.45, 7) is 2.19. The molecule has 0 spiro atoms. The number of nitrogens with one attached hydrogen (secondary N) is 1. The van der Waals surface area contributed by atoms with E-state index in [-0.39, 0.29) is 0 Å². The minimum Gasteiger partial charge on any atom is -0.307 e. The molecule has 1 saturated heterocycles. The molecule has 1 fully saturated rings. The van der Waals surface area contributed by atoms with Crippen LogP contribution >= 0.6 is 23.4 Å². The SMILES string of the molecule is C[C@H](NC1CCCSC1)c1ccccc1Cl. The molecular formula is C13H18ClNS. The molecule has 16 heavy (non-hydrogen) atoms. The summed E-state index contributed by atoms with van der Waals surface area (Å²) in [5.41, 5.74) is 1.21. The maximum atomic E-state index is 6.19. The van der Waals surface area contributed by atoms with E-state index >= 15 is 0 Å². The minimum atomic E-state index is 0.345. The van der Waals surface area contributed by atoms with E-state index in [1.807, 2.05) is 23.9 Å². The second-order valence-electron chi connectivity index (χ2n) is 4.32. The molecule has 0 amide bonds. The highest BCUT2D eigenvalue weighted by molar-refractivity contribution is 7.99. The highest BCUT2D eigenvalue weighted by Crippen LogP contribution is 2.25. The number of halogens is 1. The van der Waals surface area contributed by atoms with Crippen molar-refractivity contribution in [3.05, 3.63) is 34.9 Å². The zero-order chi connectivity index (χ0) is 11.4. The molecule has 0 aromatic heterocycles. The Balaban J connectivity index is 1.96. The topological polar surface area (TPSA) is 12.0 Å². The van der Waals surface area contributed by atoms with Crippen LogP contribution in [-0.2, 0) is 0 Å². The monoisotopic (exact) mass is 255 g/mol. The number of thioether (sulfide) groups is 1. The zero-order valence-corrected chi connectivity index (χ0v) is 11.2. The second kappa shape index (κ2) is 5.95. The van der Waals surface area contributed by atoms with Gasteiger partial charge in [0.05, 0.1) is 0 Å². The number of rotatable bonds is 3. The van der Waals surface area contributed by atoms with Gasteiger partial charge in [-0.2, -0.15) is 11.8 Å². The first kappa shape index (κ1) is 12.3. The van der Waals surface area contributed by atoms with Crippen LogP contribution in [0.4, 0.5) is 0 Å². The van der Waals surface area contributed by atoms with E-state index in [1.165, 1.54) is 29.9 Å². The molecule has 1 heterocycles. The smallest absolute Gasteiger partial charge is 0.0453 e. The van der Waals surface area contributed by atoms with Crippen LogP contribution in [0.25, 0.3) is 0 Å². The molecule has 0 saturated carbocycles. The predicted molar refractivity (Wildman–Crippen MR) is 73.3 cm³/mol. The third-order valence-corrected chi connectivity index (χ3v) is 4.58. The molecule has 1 aliphatic rings. The van der Waals surface area contributed by atoms with Gasteiger partial charge in [0.1, 0.15) is 0 Å². The average Bonchev–Trinajstić information content (AvgIpc) is 2.31. The molecule has 0 bridgehead atoms. The summed E-state index contributed by atoms with van der Waals surface area (Å²) in [6, 6.07) is 9.09. The Hall–Kier alpha value is -0.180. The summed E-state index contributed by atoms with van der Waals surface area (Å²) in [4.78, 5) is 0. The fourth-order valence-electron chi connectivity index (χ4n) is 2.14. The van der Waals surface area contributed by atoms with Gasteiger partial charge in [0, 0.05) is 22.9 Å². The van der Waals surface area contributed by atoms with E-state index in [0.29, 0.717) is 12.1 Å². The maximum absolute atomic E-state index is 6.19. The molecule has 2 atom stereocenters. The fourth-order valence-corrected chi connectivity index (χ4v) is 3.53. The molecule has 88 valence electrons. The van der Waals surface area contributed by atoms with Gasteiger partial charge in [0.15, 0.2) is 0 Å². The molecule has 1 unspecified atom stereocenters. The van der Waals surface area contributed by atoms with E-state index < -0.39 is 0 Å². The Morgan fingerprint density at radius 3 is 2.94 bits per heavy atom. The van der Waals surface area contributed by atoms with Gasteiger partial charge < -0.3 is 5.32 Å². The molecular weight excluding hydrogens is 238 g/mol. The minimum absolute atomic E-state index is 0.345. The summed E-state index contributed by atoms with van der Waals surface area (Å²) in [5.74, 6) is 2.55. The first-order valence-corrected chi connectivity index (χ1v) is 7.39. The van der Waals surface area contributed by atoms with E-state index in [1.54, 1.807) is 0 Å². The first-order chi connectivity index (χ1) is 7.77. The Morgan fingerprint density at radius 2 is 2.25 bits per heavy atom. The number of hydrogen-bond acceptors (Lipinski definition) is 2. The summed E-state index contributed by atoms with van der Waals surface area (Å²) >= 11 is 8.24. The Kier molecular flexibility index (Phi) is 4.56. The summed E-state index contributed by atoms with van der Waals surface area (Å²) < 4.78 is 0. The van der Waals surface area contributed by atoms with Crippen molar-refractivity contribution in [1.29, 1.82) is 0 Å². The Morgan fingerprint density at radius 1 is 1.44 bits per heavy atom. The second-order valence-corrected chi connectivity index (χ2v) is 5.88. The zero-order valence-electron chi connectivity index (χ0n) is 9.58. The molecule has 1 aliphatic heterocycles. The van der Waals surface area contributed by atoms with Crippen molar-refractivity contribution >= 4 is 23.4 Å². The highest BCUT2D eigenvalue weighted by atomic mass is 35.5. The van der Waals surface area contributed by atoms with Gasteiger partial charge in [-0.15, -0.1) is 0 Å². The quantitative estimate of drug-likeness (QED) is 0.880. The van der Waals surface area contributed by atoms with Crippen LogP contribution in [0.5, 0.6) is 0 Å². The van der Waals surface area contributed by atoms with Crippen molar-refractivity contribution in [2.45, 2.75) is 31.8 Å². The van der Waals surface area contributed by atoms with Crippen LogP contribution in [0, 0.1) is 0 Å². The van der Waals surface area contributed by atoms with Gasteiger partial charge in [-0.1, -0.05) is 29.8 Å². The predicted octanol–water partition coefficient (Wildman–Crippen LogP) is 3.89. The lowest BCUT2D eigenvalue weighted by atomic mass is 10.1. The van der Waals surface area contributed by atoms with Crippen molar-refractivity contribution < 1.29 is 0 Å². The van der Waals surface area contributed by atoms with Crippen LogP contribution in [0.3, 0.4) is 0 Å². The van der Waals surface area contributed by atoms with Crippen molar-refractivity contribution in [2.24, 2.45) is 0 Å². The van der Waals surface area contributed by atoms with Crippen LogP contribution < -0.4 is 5.32 Å². The van der Waals surface area contributed by atoms with E-state index in [9.17, 15) is 0 Å². The highest BCUT2D eigenvalue weighted by Gasteiger charge is 2.17. The van der Waals surface area contributed by atoms with Crippen molar-refractivity contribution in [3.8, 4) is 0 Å². The lowest BCUT2D eigenvalue weighted by Crippen LogP contribution is -2.35. The van der Waals surface area contributed by atoms with Crippen molar-refractivity contribution in [2.75, 3.05) is 11.5 Å². The van der Waals surface area contributed by atoms with E-state index in [4.69, 9.17) is 11.6 Å². The third kappa shape index (κ3) is 3.16. The van der Waals surface area contributed by atoms with Gasteiger partial charge >= 0.3 is 0 Å². The van der Waals surface area contributed by atoms with Crippen LogP contribution in [0.1, 0.15) is 31.4 Å². The van der Waals surface area contributed by atoms with Gasteiger partial charge in [0.25, 0.3) is 0 Å². The molecule has 1 aromatic rings. The first-order valence-electron chi connectivity index (χ1n) is 5.85. The molecule has 1 N–H and O–H groups in total. The molecule has 2 rings (SSSR count). The van der Waals surface area contributed by atoms with Crippen molar-refractivity contribution in [3.63, 3.8) is 0 Å². The van der Waals surface area contributed by atoms with Gasteiger partial charge in [-0.05, 0) is 37.1 Å². The third-order valence-electron chi connectivity index (χ3n) is 3.02. The molecule has 1 nitrogen and oxygen atoms in total. The van der Waals surface area contributed by atoms with Crippen LogP contribution in [0.15, 0.2) is 24.3 Å². The molecule has 0 radical (unpaired) electrons. The van der Waals surface area contributed by atoms with Gasteiger partial charge in [0.2, 0.25) is 0 Å². The van der Waals surface area contributed by atoms with Crippen LogP contribution in [-0.4, -0.2) is 17.5 Å². The summed E-state index contributed by atoms with van der Waals surface area (Å²) in [5, 5.41) is 4.54.